The van der Waals surface area contributed by atoms with E-state index in [-0.39, 0.29) is 25.1 Å². The molecule has 0 saturated heterocycles. The van der Waals surface area contributed by atoms with Crippen LogP contribution >= 0.6 is 0 Å². The van der Waals surface area contributed by atoms with Gasteiger partial charge in [-0.1, -0.05) is 36.4 Å². The molecule has 0 unspecified atom stereocenters. The number of nitrogens with one attached hydrogen (secondary N) is 2. The van der Waals surface area contributed by atoms with E-state index in [9.17, 15) is 9.18 Å². The van der Waals surface area contributed by atoms with Crippen LogP contribution in [0.4, 0.5) is 9.18 Å². The zero-order chi connectivity index (χ0) is 17.5. The molecule has 0 aliphatic carbocycles. The molecule has 0 radical (unpaired) electrons. The van der Waals surface area contributed by atoms with E-state index < -0.39 is 12.1 Å². The quantitative estimate of drug-likeness (QED) is 0.655. The minimum Gasteiger partial charge on any atom is -0.394 e. The van der Waals surface area contributed by atoms with Crippen LogP contribution in [0, 0.1) is 5.82 Å². The van der Waals surface area contributed by atoms with Crippen LogP contribution in [0.25, 0.3) is 11.1 Å². The summed E-state index contributed by atoms with van der Waals surface area (Å²) in [5, 5.41) is 23.1. The maximum absolute atomic E-state index is 13.0. The third-order valence-corrected chi connectivity index (χ3v) is 3.71. The zero-order valence-electron chi connectivity index (χ0n) is 13.4. The maximum Gasteiger partial charge on any atom is 0.315 e. The van der Waals surface area contributed by atoms with Crippen LogP contribution in [0.5, 0.6) is 0 Å². The number of urea groups is 1. The molecular weight excluding hydrogens is 311 g/mol. The highest BCUT2D eigenvalue weighted by molar-refractivity contribution is 5.74. The molecule has 0 aromatic heterocycles. The first-order valence-electron chi connectivity index (χ1n) is 7.68. The molecule has 1 atom stereocenters. The fraction of sp³-hybridized carbons (Fsp3) is 0.278. The minimum atomic E-state index is -0.682. The molecule has 0 spiro atoms. The van der Waals surface area contributed by atoms with E-state index in [0.29, 0.717) is 0 Å². The molecule has 4 N–H and O–H groups in total. The smallest absolute Gasteiger partial charge is 0.315 e. The van der Waals surface area contributed by atoms with Crippen LogP contribution < -0.4 is 10.6 Å². The largest absolute Gasteiger partial charge is 0.394 e. The van der Waals surface area contributed by atoms with Gasteiger partial charge < -0.3 is 20.8 Å². The average molecular weight is 332 g/mol. The molecule has 24 heavy (non-hydrogen) atoms. The number of aliphatic hydroxyl groups is 2. The van der Waals surface area contributed by atoms with Crippen molar-refractivity contribution < 1.29 is 19.4 Å². The van der Waals surface area contributed by atoms with E-state index in [1.165, 1.54) is 12.1 Å². The van der Waals surface area contributed by atoms with Crippen molar-refractivity contribution in [3.63, 3.8) is 0 Å². The van der Waals surface area contributed by atoms with Crippen molar-refractivity contribution in [2.75, 3.05) is 13.2 Å². The predicted octanol–water partition coefficient (Wildman–Crippen LogP) is 2.21. The SMILES string of the molecule is C[C@H](NC(=O)NC(CO)CO)c1ccc(-c2ccc(F)cc2)cc1. The van der Waals surface area contributed by atoms with Crippen LogP contribution in [0.15, 0.2) is 48.5 Å². The number of halogens is 1. The Morgan fingerprint density at radius 2 is 1.46 bits per heavy atom. The number of hydrogen-bond donors (Lipinski definition) is 4. The van der Waals surface area contributed by atoms with Crippen molar-refractivity contribution in [1.82, 2.24) is 10.6 Å². The molecule has 0 aliphatic rings. The lowest BCUT2D eigenvalue weighted by Crippen LogP contribution is -2.46. The molecule has 5 nitrogen and oxygen atoms in total. The second-order valence-electron chi connectivity index (χ2n) is 5.53. The summed E-state index contributed by atoms with van der Waals surface area (Å²) in [5.41, 5.74) is 2.77. The molecule has 0 heterocycles. The summed E-state index contributed by atoms with van der Waals surface area (Å²) in [5.74, 6) is -0.275. The molecule has 2 aromatic carbocycles. The fourth-order valence-electron chi connectivity index (χ4n) is 2.26. The van der Waals surface area contributed by atoms with Crippen molar-refractivity contribution in [1.29, 1.82) is 0 Å². The van der Waals surface area contributed by atoms with Crippen LogP contribution in [0.1, 0.15) is 18.5 Å². The minimum absolute atomic E-state index is 0.245. The van der Waals surface area contributed by atoms with Crippen LogP contribution in [-0.4, -0.2) is 35.5 Å². The van der Waals surface area contributed by atoms with Crippen LogP contribution in [0.2, 0.25) is 0 Å². The Morgan fingerprint density at radius 3 is 1.96 bits per heavy atom. The zero-order valence-corrected chi connectivity index (χ0v) is 13.4. The molecule has 2 amide bonds. The van der Waals surface area contributed by atoms with Crippen molar-refractivity contribution >= 4 is 6.03 Å². The summed E-state index contributed by atoms with van der Waals surface area (Å²) in [6.07, 6.45) is 0. The van der Waals surface area contributed by atoms with E-state index in [1.807, 2.05) is 31.2 Å². The van der Waals surface area contributed by atoms with Crippen molar-refractivity contribution in [2.24, 2.45) is 0 Å². The monoisotopic (exact) mass is 332 g/mol. The van der Waals surface area contributed by atoms with Gasteiger partial charge >= 0.3 is 6.03 Å². The Morgan fingerprint density at radius 1 is 0.958 bits per heavy atom. The third-order valence-electron chi connectivity index (χ3n) is 3.71. The highest BCUT2D eigenvalue weighted by Gasteiger charge is 2.13. The molecule has 2 aromatic rings. The Bertz CT molecular complexity index is 655. The first kappa shape index (κ1) is 17.9. The second kappa shape index (κ2) is 8.42. The summed E-state index contributed by atoms with van der Waals surface area (Å²) in [4.78, 5) is 11.8. The van der Waals surface area contributed by atoms with E-state index >= 15 is 0 Å². The van der Waals surface area contributed by atoms with Gasteiger partial charge in [-0.25, -0.2) is 9.18 Å². The summed E-state index contributed by atoms with van der Waals surface area (Å²) in [6.45, 7) is 1.18. The number of rotatable bonds is 6. The van der Waals surface area contributed by atoms with E-state index in [2.05, 4.69) is 10.6 Å². The van der Waals surface area contributed by atoms with Gasteiger partial charge in [0.15, 0.2) is 0 Å². The van der Waals surface area contributed by atoms with Gasteiger partial charge in [0.05, 0.1) is 25.3 Å². The Balaban J connectivity index is 1.99. The Labute approximate surface area is 140 Å². The molecule has 6 heteroatoms. The number of carbonyl (C=O) groups is 1. The molecule has 0 saturated carbocycles. The average Bonchev–Trinajstić information content (AvgIpc) is 2.60. The van der Waals surface area contributed by atoms with Gasteiger partial charge in [0.1, 0.15) is 5.82 Å². The topological polar surface area (TPSA) is 81.6 Å². The lowest BCUT2D eigenvalue weighted by molar-refractivity contribution is 0.168. The van der Waals surface area contributed by atoms with Gasteiger partial charge in [-0.15, -0.1) is 0 Å². The molecule has 2 rings (SSSR count). The Kier molecular flexibility index (Phi) is 6.28. The van der Waals surface area contributed by atoms with E-state index in [1.54, 1.807) is 12.1 Å². The normalized spacial score (nSPS) is 12.0. The predicted molar refractivity (Wildman–Crippen MR) is 89.9 cm³/mol. The van der Waals surface area contributed by atoms with Gasteiger partial charge in [0.25, 0.3) is 0 Å². The highest BCUT2D eigenvalue weighted by atomic mass is 19.1. The molecule has 0 bridgehead atoms. The van der Waals surface area contributed by atoms with Crippen LogP contribution in [0.3, 0.4) is 0 Å². The summed E-state index contributed by atoms with van der Waals surface area (Å²) < 4.78 is 13.0. The molecule has 0 fully saturated rings. The summed E-state index contributed by atoms with van der Waals surface area (Å²) in [7, 11) is 0. The number of amides is 2. The van der Waals surface area contributed by atoms with Crippen molar-refractivity contribution in [3.05, 3.63) is 59.9 Å². The van der Waals surface area contributed by atoms with Gasteiger partial charge in [0, 0.05) is 0 Å². The highest BCUT2D eigenvalue weighted by Crippen LogP contribution is 2.22. The number of aliphatic hydroxyl groups excluding tert-OH is 2. The summed E-state index contributed by atoms with van der Waals surface area (Å²) >= 11 is 0. The van der Waals surface area contributed by atoms with Crippen molar-refractivity contribution in [3.8, 4) is 11.1 Å². The third kappa shape index (κ3) is 4.78. The second-order valence-corrected chi connectivity index (χ2v) is 5.53. The standard InChI is InChI=1S/C18H21FN2O3/c1-12(20-18(24)21-17(10-22)11-23)13-2-4-14(5-3-13)15-6-8-16(19)9-7-15/h2-9,12,17,22-23H,10-11H2,1H3,(H2,20,21,24)/t12-/m0/s1. The fourth-order valence-corrected chi connectivity index (χ4v) is 2.26. The number of carbonyl (C=O) groups excluding carboxylic acids is 1. The van der Waals surface area contributed by atoms with Gasteiger partial charge in [-0.2, -0.15) is 0 Å². The first-order valence-corrected chi connectivity index (χ1v) is 7.68. The van der Waals surface area contributed by atoms with Gasteiger partial charge in [-0.3, -0.25) is 0 Å². The van der Waals surface area contributed by atoms with Gasteiger partial charge in [-0.05, 0) is 35.7 Å². The van der Waals surface area contributed by atoms with Crippen LogP contribution in [-0.2, 0) is 0 Å². The molecular formula is C18H21FN2O3. The lowest BCUT2D eigenvalue weighted by atomic mass is 10.0. The number of hydrogen-bond acceptors (Lipinski definition) is 3. The van der Waals surface area contributed by atoms with E-state index in [4.69, 9.17) is 10.2 Å². The van der Waals surface area contributed by atoms with E-state index in [0.717, 1.165) is 16.7 Å². The molecule has 128 valence electrons. The first-order chi connectivity index (χ1) is 11.5. The maximum atomic E-state index is 13.0. The summed E-state index contributed by atoms with van der Waals surface area (Å²) in [6, 6.07) is 12.4. The molecule has 0 aliphatic heterocycles. The number of benzene rings is 2. The van der Waals surface area contributed by atoms with Crippen molar-refractivity contribution in [2.45, 2.75) is 19.0 Å². The Hall–Kier alpha value is -2.44. The lowest BCUT2D eigenvalue weighted by Gasteiger charge is -2.18. The van der Waals surface area contributed by atoms with Gasteiger partial charge in [0.2, 0.25) is 0 Å².